The number of halogens is 1. The highest BCUT2D eigenvalue weighted by Crippen LogP contribution is 2.23. The van der Waals surface area contributed by atoms with Crippen molar-refractivity contribution in [2.75, 3.05) is 26.2 Å². The summed E-state index contributed by atoms with van der Waals surface area (Å²) < 4.78 is 5.57. The zero-order valence-electron chi connectivity index (χ0n) is 7.47. The van der Waals surface area contributed by atoms with Crippen LogP contribution in [0.4, 0.5) is 0 Å². The van der Waals surface area contributed by atoms with Gasteiger partial charge in [0.05, 0.1) is 5.60 Å². The van der Waals surface area contributed by atoms with Crippen molar-refractivity contribution in [2.24, 2.45) is 0 Å². The Bertz CT molecular complexity index is 181. The van der Waals surface area contributed by atoms with E-state index in [1.54, 1.807) is 0 Å². The van der Waals surface area contributed by atoms with Crippen molar-refractivity contribution in [2.45, 2.75) is 18.4 Å². The van der Waals surface area contributed by atoms with Gasteiger partial charge in [0.15, 0.2) is 0 Å². The zero-order chi connectivity index (χ0) is 8.44. The quantitative estimate of drug-likeness (QED) is 0.628. The molecule has 2 fully saturated rings. The Balaban J connectivity index is 0.000000845. The fraction of sp³-hybridized carbons (Fsp3) is 0.875. The molecular weight excluding hydrogens is 236 g/mol. The van der Waals surface area contributed by atoms with E-state index in [0.717, 1.165) is 25.9 Å². The van der Waals surface area contributed by atoms with E-state index in [1.165, 1.54) is 0 Å². The van der Waals surface area contributed by atoms with Gasteiger partial charge in [-0.05, 0) is 25.9 Å². The molecule has 0 aromatic heterocycles. The molecule has 1 amide bonds. The maximum absolute atomic E-state index is 10.8. The van der Waals surface area contributed by atoms with E-state index in [-0.39, 0.29) is 35.1 Å². The number of morpholine rings is 1. The van der Waals surface area contributed by atoms with Gasteiger partial charge < -0.3 is 15.4 Å². The van der Waals surface area contributed by atoms with E-state index in [9.17, 15) is 4.79 Å². The van der Waals surface area contributed by atoms with E-state index < -0.39 is 0 Å². The zero-order valence-corrected chi connectivity index (χ0v) is 9.18. The van der Waals surface area contributed by atoms with Gasteiger partial charge in [-0.3, -0.25) is 4.79 Å². The minimum absolute atomic E-state index is 0. The highest BCUT2D eigenvalue weighted by atomic mass is 79.9. The number of hydrogen-bond acceptors (Lipinski definition) is 3. The fourth-order valence-corrected chi connectivity index (χ4v) is 1.78. The Morgan fingerprint density at radius 2 is 2.00 bits per heavy atom. The Morgan fingerprint density at radius 3 is 2.54 bits per heavy atom. The molecule has 13 heavy (non-hydrogen) atoms. The van der Waals surface area contributed by atoms with Gasteiger partial charge in [0.25, 0.3) is 0 Å². The Morgan fingerprint density at radius 1 is 1.31 bits per heavy atom. The number of carbonyl (C=O) groups is 1. The van der Waals surface area contributed by atoms with E-state index in [4.69, 9.17) is 4.74 Å². The number of rotatable bonds is 0. The van der Waals surface area contributed by atoms with Crippen molar-refractivity contribution in [1.29, 1.82) is 0 Å². The molecule has 0 aliphatic carbocycles. The van der Waals surface area contributed by atoms with E-state index >= 15 is 0 Å². The van der Waals surface area contributed by atoms with Gasteiger partial charge in [0.1, 0.15) is 6.61 Å². The normalized spacial score (nSPS) is 26.3. The molecule has 0 radical (unpaired) electrons. The van der Waals surface area contributed by atoms with Gasteiger partial charge in [-0.2, -0.15) is 0 Å². The summed E-state index contributed by atoms with van der Waals surface area (Å²) in [6.45, 7) is 2.92. The molecule has 0 atom stereocenters. The van der Waals surface area contributed by atoms with Gasteiger partial charge in [-0.15, -0.1) is 17.0 Å². The number of hydrogen-bond donors (Lipinski definition) is 2. The fourth-order valence-electron chi connectivity index (χ4n) is 1.78. The van der Waals surface area contributed by atoms with Crippen LogP contribution in [-0.2, 0) is 9.53 Å². The molecule has 0 aromatic rings. The minimum atomic E-state index is -0.0564. The van der Waals surface area contributed by atoms with Crippen molar-refractivity contribution >= 4 is 22.9 Å². The smallest absolute Gasteiger partial charge is 0.246 e. The van der Waals surface area contributed by atoms with E-state index in [1.807, 2.05) is 0 Å². The molecule has 1 spiro atoms. The second-order valence-electron chi connectivity index (χ2n) is 3.50. The van der Waals surface area contributed by atoms with Crippen LogP contribution < -0.4 is 10.6 Å². The first-order valence-corrected chi connectivity index (χ1v) is 4.42. The van der Waals surface area contributed by atoms with Gasteiger partial charge in [0.2, 0.25) is 5.91 Å². The molecule has 0 bridgehead atoms. The maximum atomic E-state index is 10.8. The number of ether oxygens (including phenoxy) is 1. The molecule has 76 valence electrons. The van der Waals surface area contributed by atoms with Crippen molar-refractivity contribution < 1.29 is 9.53 Å². The first-order chi connectivity index (χ1) is 5.81. The SMILES string of the molecule is Br.O=C1COC2(CCNCC2)CN1. The van der Waals surface area contributed by atoms with Crippen LogP contribution in [0.2, 0.25) is 0 Å². The largest absolute Gasteiger partial charge is 0.363 e. The minimum Gasteiger partial charge on any atom is -0.363 e. The third-order valence-electron chi connectivity index (χ3n) is 2.63. The Labute approximate surface area is 88.2 Å². The molecular formula is C8H15BrN2O2. The first kappa shape index (κ1) is 10.9. The second-order valence-corrected chi connectivity index (χ2v) is 3.50. The summed E-state index contributed by atoms with van der Waals surface area (Å²) >= 11 is 0. The summed E-state index contributed by atoms with van der Waals surface area (Å²) in [4.78, 5) is 10.8. The van der Waals surface area contributed by atoms with Crippen LogP contribution in [0.25, 0.3) is 0 Å². The highest BCUT2D eigenvalue weighted by Gasteiger charge is 2.36. The van der Waals surface area contributed by atoms with Crippen LogP contribution in [0.15, 0.2) is 0 Å². The number of amides is 1. The van der Waals surface area contributed by atoms with Crippen molar-refractivity contribution in [3.05, 3.63) is 0 Å². The number of carbonyl (C=O) groups excluding carboxylic acids is 1. The van der Waals surface area contributed by atoms with Crippen LogP contribution in [0, 0.1) is 0 Å². The average molecular weight is 251 g/mol. The average Bonchev–Trinajstić information content (AvgIpc) is 2.13. The molecule has 0 saturated carbocycles. The van der Waals surface area contributed by atoms with Gasteiger partial charge in [-0.25, -0.2) is 0 Å². The summed E-state index contributed by atoms with van der Waals surface area (Å²) in [6, 6.07) is 0. The van der Waals surface area contributed by atoms with Gasteiger partial charge in [-0.1, -0.05) is 0 Å². The first-order valence-electron chi connectivity index (χ1n) is 4.42. The summed E-state index contributed by atoms with van der Waals surface area (Å²) in [6.07, 6.45) is 2.01. The van der Waals surface area contributed by atoms with Crippen molar-refractivity contribution in [3.63, 3.8) is 0 Å². The van der Waals surface area contributed by atoms with Crippen LogP contribution in [-0.4, -0.2) is 37.7 Å². The molecule has 0 unspecified atom stereocenters. The Hall–Kier alpha value is -0.130. The topological polar surface area (TPSA) is 50.4 Å². The lowest BCUT2D eigenvalue weighted by atomic mass is 9.91. The van der Waals surface area contributed by atoms with Crippen LogP contribution in [0.5, 0.6) is 0 Å². The molecule has 2 saturated heterocycles. The van der Waals surface area contributed by atoms with Gasteiger partial charge >= 0.3 is 0 Å². The summed E-state index contributed by atoms with van der Waals surface area (Å²) in [5.41, 5.74) is -0.0564. The molecule has 2 aliphatic rings. The molecule has 4 nitrogen and oxygen atoms in total. The molecule has 0 aromatic carbocycles. The van der Waals surface area contributed by atoms with Crippen molar-refractivity contribution in [1.82, 2.24) is 10.6 Å². The third-order valence-corrected chi connectivity index (χ3v) is 2.63. The van der Waals surface area contributed by atoms with Crippen LogP contribution in [0.3, 0.4) is 0 Å². The molecule has 5 heteroatoms. The monoisotopic (exact) mass is 250 g/mol. The standard InChI is InChI=1S/C8H14N2O2.BrH/c11-7-5-12-8(6-10-7)1-3-9-4-2-8;/h9H,1-6H2,(H,10,11);1H. The third kappa shape index (κ3) is 2.42. The lowest BCUT2D eigenvalue weighted by molar-refractivity contribution is -0.146. The highest BCUT2D eigenvalue weighted by molar-refractivity contribution is 8.93. The predicted octanol–water partition coefficient (Wildman–Crippen LogP) is -0.167. The second kappa shape index (κ2) is 4.39. The van der Waals surface area contributed by atoms with Crippen LogP contribution in [0.1, 0.15) is 12.8 Å². The van der Waals surface area contributed by atoms with E-state index in [0.29, 0.717) is 6.54 Å². The van der Waals surface area contributed by atoms with E-state index in [2.05, 4.69) is 10.6 Å². The molecule has 2 aliphatic heterocycles. The molecule has 2 heterocycles. The summed E-state index contributed by atoms with van der Waals surface area (Å²) in [7, 11) is 0. The summed E-state index contributed by atoms with van der Waals surface area (Å²) in [5, 5.41) is 6.13. The maximum Gasteiger partial charge on any atom is 0.246 e. The summed E-state index contributed by atoms with van der Waals surface area (Å²) in [5.74, 6) is 0.0131. The van der Waals surface area contributed by atoms with Gasteiger partial charge in [0, 0.05) is 6.54 Å². The molecule has 2 N–H and O–H groups in total. The van der Waals surface area contributed by atoms with Crippen LogP contribution >= 0.6 is 17.0 Å². The lowest BCUT2D eigenvalue weighted by Crippen LogP contribution is -2.56. The lowest BCUT2D eigenvalue weighted by Gasteiger charge is -2.40. The Kier molecular flexibility index (Phi) is 3.70. The van der Waals surface area contributed by atoms with Crippen molar-refractivity contribution in [3.8, 4) is 0 Å². The molecule has 2 rings (SSSR count). The number of nitrogens with one attached hydrogen (secondary N) is 2. The predicted molar refractivity (Wildman–Crippen MR) is 54.1 cm³/mol. The number of piperidine rings is 1.